The molecule has 1 rings (SSSR count). The highest BCUT2D eigenvalue weighted by Crippen LogP contribution is 2.17. The molecule has 1 heterocycles. The van der Waals surface area contributed by atoms with Crippen LogP contribution in [-0.4, -0.2) is 29.9 Å². The van der Waals surface area contributed by atoms with Crippen LogP contribution in [0.4, 0.5) is 0 Å². The quantitative estimate of drug-likeness (QED) is 0.796. The zero-order valence-electron chi connectivity index (χ0n) is 13.6. The summed E-state index contributed by atoms with van der Waals surface area (Å²) in [5.74, 6) is 0.134. The van der Waals surface area contributed by atoms with E-state index in [1.807, 2.05) is 63.0 Å². The van der Waals surface area contributed by atoms with Crippen LogP contribution in [0.3, 0.4) is 0 Å². The molecule has 0 unspecified atom stereocenters. The van der Waals surface area contributed by atoms with E-state index < -0.39 is 0 Å². The maximum atomic E-state index is 11.8. The van der Waals surface area contributed by atoms with E-state index >= 15 is 0 Å². The van der Waals surface area contributed by atoms with Crippen LogP contribution in [0.1, 0.15) is 47.5 Å². The molecule has 0 aromatic heterocycles. The van der Waals surface area contributed by atoms with Crippen molar-refractivity contribution in [3.8, 4) is 0 Å². The first kappa shape index (κ1) is 18.7. The molecule has 0 bridgehead atoms. The molecule has 1 aliphatic rings. The maximum absolute atomic E-state index is 11.8. The maximum Gasteiger partial charge on any atom is 0.223 e. The fourth-order valence-corrected chi connectivity index (χ4v) is 2.31. The lowest BCUT2D eigenvalue weighted by atomic mass is 10.0. The largest absolute Gasteiger partial charge is 0.317 e. The van der Waals surface area contributed by atoms with E-state index in [2.05, 4.69) is 5.32 Å². The number of carbonyl (C=O) groups is 1. The van der Waals surface area contributed by atoms with Gasteiger partial charge in [-0.05, 0) is 45.9 Å². The van der Waals surface area contributed by atoms with Crippen LogP contribution in [0.25, 0.3) is 0 Å². The molecule has 1 N–H and O–H groups in total. The highest BCUT2D eigenvalue weighted by molar-refractivity contribution is 5.75. The molecule has 0 spiro atoms. The smallest absolute Gasteiger partial charge is 0.223 e. The van der Waals surface area contributed by atoms with Gasteiger partial charge in [0.1, 0.15) is 0 Å². The van der Waals surface area contributed by atoms with Crippen LogP contribution >= 0.6 is 0 Å². The number of carbonyl (C=O) groups excluding carboxylic acids is 1. The summed E-state index contributed by atoms with van der Waals surface area (Å²) in [5.41, 5.74) is 1.02. The molecular formula is C17H30N2O. The van der Waals surface area contributed by atoms with Gasteiger partial charge in [0.25, 0.3) is 0 Å². The van der Waals surface area contributed by atoms with E-state index in [0.717, 1.165) is 31.6 Å². The lowest BCUT2D eigenvalue weighted by molar-refractivity contribution is -0.129. The number of allylic oxidation sites excluding steroid dienone is 6. The first-order chi connectivity index (χ1) is 9.66. The van der Waals surface area contributed by atoms with Crippen LogP contribution in [0.5, 0.6) is 0 Å². The van der Waals surface area contributed by atoms with Crippen LogP contribution in [0, 0.1) is 0 Å². The molecule has 1 fully saturated rings. The second-order valence-electron chi connectivity index (χ2n) is 4.59. The Balaban J connectivity index is 0.00000172. The van der Waals surface area contributed by atoms with Gasteiger partial charge in [-0.1, -0.05) is 38.2 Å². The lowest BCUT2D eigenvalue weighted by Gasteiger charge is -2.34. The molecule has 3 nitrogen and oxygen atoms in total. The Labute approximate surface area is 124 Å². The highest BCUT2D eigenvalue weighted by Gasteiger charge is 2.23. The minimum atomic E-state index is 0.134. The molecule has 3 heteroatoms. The number of hydrogen-bond acceptors (Lipinski definition) is 2. The minimum absolute atomic E-state index is 0.134. The first-order valence-corrected chi connectivity index (χ1v) is 7.63. The van der Waals surface area contributed by atoms with Crippen molar-refractivity contribution in [2.75, 3.05) is 13.1 Å². The molecule has 0 aliphatic carbocycles. The number of rotatable bonds is 4. The predicted molar refractivity (Wildman–Crippen MR) is 87.5 cm³/mol. The number of nitrogens with zero attached hydrogens (tertiary/aromatic N) is 1. The monoisotopic (exact) mass is 278 g/mol. The Morgan fingerprint density at radius 3 is 2.20 bits per heavy atom. The second-order valence-corrected chi connectivity index (χ2v) is 4.59. The molecule has 0 aromatic carbocycles. The van der Waals surface area contributed by atoms with Gasteiger partial charge in [-0.3, -0.25) is 4.79 Å². The number of amides is 1. The third-order valence-corrected chi connectivity index (χ3v) is 3.15. The summed E-state index contributed by atoms with van der Waals surface area (Å²) in [7, 11) is 0. The summed E-state index contributed by atoms with van der Waals surface area (Å²) in [4.78, 5) is 13.7. The summed E-state index contributed by atoms with van der Waals surface area (Å²) in [6.45, 7) is 11.6. The standard InChI is InChI=1S/C15H24N2O.C2H6/c1-4-5-6-7-8-13(2)17(14(3)18)15-9-11-16-12-10-15;1-2/h4-8,15-16H,9-12H2,1-3H3;1-2H3/b5-4+,7-6-,13-8+;. The summed E-state index contributed by atoms with van der Waals surface area (Å²) >= 11 is 0. The fraction of sp³-hybridized carbons (Fsp3) is 0.588. The number of piperidine rings is 1. The second kappa shape index (κ2) is 11.5. The molecule has 20 heavy (non-hydrogen) atoms. The Hall–Kier alpha value is -1.35. The average Bonchev–Trinajstić information content (AvgIpc) is 2.47. The van der Waals surface area contributed by atoms with Crippen molar-refractivity contribution in [3.63, 3.8) is 0 Å². The van der Waals surface area contributed by atoms with Gasteiger partial charge in [-0.2, -0.15) is 0 Å². The van der Waals surface area contributed by atoms with Crippen molar-refractivity contribution >= 4 is 5.91 Å². The van der Waals surface area contributed by atoms with Crippen molar-refractivity contribution in [2.24, 2.45) is 0 Å². The first-order valence-electron chi connectivity index (χ1n) is 7.63. The van der Waals surface area contributed by atoms with Gasteiger partial charge >= 0.3 is 0 Å². The minimum Gasteiger partial charge on any atom is -0.317 e. The van der Waals surface area contributed by atoms with E-state index in [9.17, 15) is 4.79 Å². The molecule has 114 valence electrons. The summed E-state index contributed by atoms with van der Waals surface area (Å²) in [6, 6.07) is 0.343. The molecular weight excluding hydrogens is 248 g/mol. The van der Waals surface area contributed by atoms with E-state index in [1.54, 1.807) is 6.92 Å². The van der Waals surface area contributed by atoms with Gasteiger partial charge < -0.3 is 10.2 Å². The van der Waals surface area contributed by atoms with Crippen LogP contribution in [-0.2, 0) is 4.79 Å². The molecule has 0 aromatic rings. The van der Waals surface area contributed by atoms with E-state index in [1.165, 1.54) is 0 Å². The normalized spacial score (nSPS) is 17.1. The lowest BCUT2D eigenvalue weighted by Crippen LogP contribution is -2.44. The fourth-order valence-electron chi connectivity index (χ4n) is 2.31. The van der Waals surface area contributed by atoms with Gasteiger partial charge in [0.05, 0.1) is 0 Å². The van der Waals surface area contributed by atoms with Crippen molar-refractivity contribution in [2.45, 2.75) is 53.5 Å². The summed E-state index contributed by atoms with van der Waals surface area (Å²) < 4.78 is 0. The van der Waals surface area contributed by atoms with E-state index in [4.69, 9.17) is 0 Å². The highest BCUT2D eigenvalue weighted by atomic mass is 16.2. The third-order valence-electron chi connectivity index (χ3n) is 3.15. The molecule has 0 atom stereocenters. The van der Waals surface area contributed by atoms with Gasteiger partial charge in [-0.25, -0.2) is 0 Å². The van der Waals surface area contributed by atoms with Gasteiger partial charge in [0.15, 0.2) is 0 Å². The van der Waals surface area contributed by atoms with Crippen molar-refractivity contribution in [1.82, 2.24) is 10.2 Å². The van der Waals surface area contributed by atoms with Crippen molar-refractivity contribution in [1.29, 1.82) is 0 Å². The van der Waals surface area contributed by atoms with Gasteiger partial charge in [-0.15, -0.1) is 0 Å². The zero-order chi connectivity index (χ0) is 15.4. The summed E-state index contributed by atoms with van der Waals surface area (Å²) in [6.07, 6.45) is 12.0. The van der Waals surface area contributed by atoms with Gasteiger partial charge in [0, 0.05) is 18.7 Å². The van der Waals surface area contributed by atoms with Crippen molar-refractivity contribution in [3.05, 3.63) is 36.1 Å². The summed E-state index contributed by atoms with van der Waals surface area (Å²) in [5, 5.41) is 3.33. The number of hydrogen-bond donors (Lipinski definition) is 1. The predicted octanol–water partition coefficient (Wildman–Crippen LogP) is 3.65. The van der Waals surface area contributed by atoms with E-state index in [-0.39, 0.29) is 5.91 Å². The molecule has 0 radical (unpaired) electrons. The van der Waals surface area contributed by atoms with Gasteiger partial charge in [0.2, 0.25) is 5.91 Å². The zero-order valence-corrected chi connectivity index (χ0v) is 13.6. The topological polar surface area (TPSA) is 32.3 Å². The Morgan fingerprint density at radius 1 is 1.10 bits per heavy atom. The van der Waals surface area contributed by atoms with Crippen LogP contribution in [0.2, 0.25) is 0 Å². The van der Waals surface area contributed by atoms with Crippen LogP contribution in [0.15, 0.2) is 36.1 Å². The molecule has 1 saturated heterocycles. The Morgan fingerprint density at radius 2 is 1.70 bits per heavy atom. The van der Waals surface area contributed by atoms with Crippen LogP contribution < -0.4 is 5.32 Å². The van der Waals surface area contributed by atoms with Crippen molar-refractivity contribution < 1.29 is 4.79 Å². The molecule has 1 aliphatic heterocycles. The Kier molecular flexibility index (Phi) is 10.7. The third kappa shape index (κ3) is 6.71. The van der Waals surface area contributed by atoms with E-state index in [0.29, 0.717) is 6.04 Å². The molecule has 1 amide bonds. The Bertz CT molecular complexity index is 350. The number of nitrogens with one attached hydrogen (secondary N) is 1. The average molecular weight is 278 g/mol. The SMILES string of the molecule is C/C=C/C=C\C=C(/C)N(C(C)=O)C1CCNCC1.CC. The molecule has 0 saturated carbocycles.